The molecule has 4 heteroatoms. The molecular weight excluding hydrogens is 373 g/mol. The van der Waals surface area contributed by atoms with E-state index >= 15 is 0 Å². The topological polar surface area (TPSA) is 20.2 Å². The third-order valence-corrected chi connectivity index (χ3v) is 6.34. The summed E-state index contributed by atoms with van der Waals surface area (Å²) < 4.78 is 15.8. The zero-order valence-electron chi connectivity index (χ0n) is 17.4. The number of fused-ring (bicyclic) bond motifs is 3. The molecule has 30 heavy (non-hydrogen) atoms. The van der Waals surface area contributed by atoms with Crippen molar-refractivity contribution in [3.63, 3.8) is 0 Å². The Morgan fingerprint density at radius 3 is 2.50 bits per heavy atom. The fourth-order valence-electron chi connectivity index (χ4n) is 4.85. The van der Waals surface area contributed by atoms with Crippen LogP contribution >= 0.6 is 0 Å². The number of rotatable bonds is 5. The van der Waals surface area contributed by atoms with Gasteiger partial charge in [-0.2, -0.15) is 0 Å². The number of nitrogens with zero attached hydrogens (tertiary/aromatic N) is 2. The van der Waals surface area contributed by atoms with Gasteiger partial charge in [0.2, 0.25) is 0 Å². The largest absolute Gasteiger partial charge is 0.382 e. The molecule has 2 heterocycles. The number of likely N-dealkylation sites (tertiary alicyclic amines) is 1. The minimum Gasteiger partial charge on any atom is -0.382 e. The molecule has 1 fully saturated rings. The van der Waals surface area contributed by atoms with E-state index in [1.165, 1.54) is 33.4 Å². The van der Waals surface area contributed by atoms with Crippen molar-refractivity contribution >= 4 is 27.5 Å². The van der Waals surface area contributed by atoms with Gasteiger partial charge in [-0.1, -0.05) is 30.3 Å². The average molecular weight is 402 g/mol. The summed E-state index contributed by atoms with van der Waals surface area (Å²) in [4.78, 5) is 2.53. The van der Waals surface area contributed by atoms with Crippen molar-refractivity contribution in [3.05, 3.63) is 78.1 Å². The maximum Gasteiger partial charge on any atom is 0.125 e. The lowest BCUT2D eigenvalue weighted by atomic mass is 10.0. The molecule has 0 spiro atoms. The molecule has 0 bridgehead atoms. The monoisotopic (exact) mass is 401 g/mol. The molecule has 1 saturated heterocycles. The molecule has 0 amide bonds. The first-order valence-corrected chi connectivity index (χ1v) is 11.0. The standard InChI is InChI=1S/C26H28FN3/c1-2-30-25-9-4-3-8-23(25)24-16-19(10-11-26(24)30)18-29-14-12-21(13-15-29)28-22-7-5-6-20(27)17-22/h3-11,16-17,21,28H,2,12-15,18H2,1H3. The second-order valence-electron chi connectivity index (χ2n) is 8.32. The molecule has 0 saturated carbocycles. The van der Waals surface area contributed by atoms with Crippen LogP contribution in [0.3, 0.4) is 0 Å². The number of nitrogens with one attached hydrogen (secondary N) is 1. The number of aryl methyl sites for hydroxylation is 1. The summed E-state index contributed by atoms with van der Waals surface area (Å²) in [6, 6.07) is 22.8. The van der Waals surface area contributed by atoms with Crippen LogP contribution < -0.4 is 5.32 Å². The molecular formula is C26H28FN3. The van der Waals surface area contributed by atoms with Crippen molar-refractivity contribution < 1.29 is 4.39 Å². The van der Waals surface area contributed by atoms with Crippen LogP contribution in [-0.2, 0) is 13.1 Å². The van der Waals surface area contributed by atoms with Crippen molar-refractivity contribution in [3.8, 4) is 0 Å². The van der Waals surface area contributed by atoms with Crippen LogP contribution in [0.4, 0.5) is 10.1 Å². The van der Waals surface area contributed by atoms with E-state index in [0.29, 0.717) is 6.04 Å². The summed E-state index contributed by atoms with van der Waals surface area (Å²) >= 11 is 0. The van der Waals surface area contributed by atoms with Crippen molar-refractivity contribution in [2.24, 2.45) is 0 Å². The maximum absolute atomic E-state index is 13.4. The summed E-state index contributed by atoms with van der Waals surface area (Å²) in [5.74, 6) is -0.183. The summed E-state index contributed by atoms with van der Waals surface area (Å²) in [5.41, 5.74) is 4.89. The van der Waals surface area contributed by atoms with Crippen LogP contribution in [0.2, 0.25) is 0 Å². The lowest BCUT2D eigenvalue weighted by Gasteiger charge is -2.33. The number of piperidine rings is 1. The minimum absolute atomic E-state index is 0.183. The Morgan fingerprint density at radius 2 is 1.70 bits per heavy atom. The summed E-state index contributed by atoms with van der Waals surface area (Å²) in [6.45, 7) is 6.29. The highest BCUT2D eigenvalue weighted by molar-refractivity contribution is 6.08. The molecule has 1 aliphatic rings. The summed E-state index contributed by atoms with van der Waals surface area (Å²) in [5, 5.41) is 6.19. The fraction of sp³-hybridized carbons (Fsp3) is 0.308. The Labute approximate surface area is 177 Å². The van der Waals surface area contributed by atoms with Gasteiger partial charge in [0, 0.05) is 59.7 Å². The molecule has 0 unspecified atom stereocenters. The first-order chi connectivity index (χ1) is 14.7. The molecule has 4 aromatic rings. The highest BCUT2D eigenvalue weighted by Gasteiger charge is 2.19. The van der Waals surface area contributed by atoms with Crippen LogP contribution in [0.5, 0.6) is 0 Å². The Hall–Kier alpha value is -2.85. The Morgan fingerprint density at radius 1 is 0.900 bits per heavy atom. The molecule has 0 aliphatic carbocycles. The Bertz CT molecular complexity index is 1170. The molecule has 1 aliphatic heterocycles. The van der Waals surface area contributed by atoms with Crippen molar-refractivity contribution in [2.75, 3.05) is 18.4 Å². The number of halogens is 1. The quantitative estimate of drug-likeness (QED) is 0.441. The van der Waals surface area contributed by atoms with Gasteiger partial charge < -0.3 is 9.88 Å². The number of para-hydroxylation sites is 1. The number of benzene rings is 3. The molecule has 0 radical (unpaired) electrons. The minimum atomic E-state index is -0.183. The molecule has 1 N–H and O–H groups in total. The second kappa shape index (κ2) is 8.11. The molecule has 0 atom stereocenters. The average Bonchev–Trinajstić information content (AvgIpc) is 3.08. The molecule has 5 rings (SSSR count). The van der Waals surface area contributed by atoms with E-state index in [4.69, 9.17) is 0 Å². The summed E-state index contributed by atoms with van der Waals surface area (Å²) in [6.07, 6.45) is 2.15. The van der Waals surface area contributed by atoms with Gasteiger partial charge in [-0.25, -0.2) is 4.39 Å². The highest BCUT2D eigenvalue weighted by Crippen LogP contribution is 2.30. The maximum atomic E-state index is 13.4. The van der Waals surface area contributed by atoms with Gasteiger partial charge in [0.1, 0.15) is 5.82 Å². The fourth-order valence-corrected chi connectivity index (χ4v) is 4.85. The number of aromatic nitrogens is 1. The van der Waals surface area contributed by atoms with Crippen molar-refractivity contribution in [2.45, 2.75) is 38.9 Å². The zero-order chi connectivity index (χ0) is 20.5. The van der Waals surface area contributed by atoms with E-state index in [9.17, 15) is 4.39 Å². The van der Waals surface area contributed by atoms with Gasteiger partial charge in [-0.3, -0.25) is 4.90 Å². The second-order valence-corrected chi connectivity index (χ2v) is 8.32. The third-order valence-electron chi connectivity index (χ3n) is 6.34. The van der Waals surface area contributed by atoms with Crippen LogP contribution in [0, 0.1) is 5.82 Å². The van der Waals surface area contributed by atoms with Crippen LogP contribution in [0.1, 0.15) is 25.3 Å². The van der Waals surface area contributed by atoms with E-state index in [1.807, 2.05) is 6.07 Å². The molecule has 3 nitrogen and oxygen atoms in total. The summed E-state index contributed by atoms with van der Waals surface area (Å²) in [7, 11) is 0. The molecule has 1 aromatic heterocycles. The molecule has 3 aromatic carbocycles. The van der Waals surface area contributed by atoms with E-state index in [1.54, 1.807) is 12.1 Å². The number of anilines is 1. The highest BCUT2D eigenvalue weighted by atomic mass is 19.1. The normalized spacial score (nSPS) is 15.8. The number of hydrogen-bond acceptors (Lipinski definition) is 2. The zero-order valence-corrected chi connectivity index (χ0v) is 17.4. The van der Waals surface area contributed by atoms with Gasteiger partial charge in [-0.15, -0.1) is 0 Å². The van der Waals surface area contributed by atoms with Gasteiger partial charge in [0.15, 0.2) is 0 Å². The SMILES string of the molecule is CCn1c2ccccc2c2cc(CN3CCC(Nc4cccc(F)c4)CC3)ccc21. The van der Waals surface area contributed by atoms with Crippen LogP contribution in [0.25, 0.3) is 21.8 Å². The third kappa shape index (κ3) is 3.68. The first kappa shape index (κ1) is 19.1. The van der Waals surface area contributed by atoms with Gasteiger partial charge in [0.25, 0.3) is 0 Å². The van der Waals surface area contributed by atoms with Crippen molar-refractivity contribution in [1.82, 2.24) is 9.47 Å². The first-order valence-electron chi connectivity index (χ1n) is 11.0. The predicted octanol–water partition coefficient (Wildman–Crippen LogP) is 6.03. The number of hydrogen-bond donors (Lipinski definition) is 1. The van der Waals surface area contributed by atoms with Crippen LogP contribution in [0.15, 0.2) is 66.7 Å². The van der Waals surface area contributed by atoms with E-state index in [-0.39, 0.29) is 5.82 Å². The van der Waals surface area contributed by atoms with Gasteiger partial charge >= 0.3 is 0 Å². The van der Waals surface area contributed by atoms with E-state index < -0.39 is 0 Å². The van der Waals surface area contributed by atoms with Gasteiger partial charge in [-0.05, 0) is 61.7 Å². The van der Waals surface area contributed by atoms with E-state index in [0.717, 1.165) is 44.7 Å². The molecule has 154 valence electrons. The van der Waals surface area contributed by atoms with Crippen LogP contribution in [-0.4, -0.2) is 28.6 Å². The Balaban J connectivity index is 1.28. The lowest BCUT2D eigenvalue weighted by molar-refractivity contribution is 0.211. The van der Waals surface area contributed by atoms with Crippen molar-refractivity contribution in [1.29, 1.82) is 0 Å². The van der Waals surface area contributed by atoms with Gasteiger partial charge in [0.05, 0.1) is 0 Å². The van der Waals surface area contributed by atoms with E-state index in [2.05, 4.69) is 64.2 Å². The smallest absolute Gasteiger partial charge is 0.125 e. The predicted molar refractivity (Wildman–Crippen MR) is 123 cm³/mol. The Kier molecular flexibility index (Phi) is 5.17. The lowest BCUT2D eigenvalue weighted by Crippen LogP contribution is -2.38.